The Labute approximate surface area is 286 Å². The first-order chi connectivity index (χ1) is 21.6. The summed E-state index contributed by atoms with van der Waals surface area (Å²) < 4.78 is 6.39. The number of ether oxygens (including phenoxy) is 1. The summed E-state index contributed by atoms with van der Waals surface area (Å²) >= 11 is 0. The van der Waals surface area contributed by atoms with Crippen molar-refractivity contribution in [2.45, 2.75) is 210 Å². The zero-order chi connectivity index (χ0) is 33.4. The number of allylic oxidation sites excluding steroid dienone is 2. The van der Waals surface area contributed by atoms with Crippen molar-refractivity contribution in [3.05, 3.63) is 11.6 Å². The molecule has 46 heavy (non-hydrogen) atoms. The Morgan fingerprint density at radius 1 is 0.674 bits per heavy atom. The van der Waals surface area contributed by atoms with Crippen molar-refractivity contribution in [2.75, 3.05) is 0 Å². The van der Waals surface area contributed by atoms with Crippen LogP contribution in [0, 0.1) is 50.2 Å². The standard InChI is InChI=1S/C44H76O2/c1-10-11-12-13-14-15-16-17-18-19-20-21-38(45)46-37-25-29-42(7)33(40(37,4)5)23-27-43(8)34-22-26-41(6)31-30-39(2,3)32-36(41)44(34,9)28-24-35(42)43/h22,33,35-37H,10-21,23-32H2,1-9H3/t33-,35+,36+,37-,41-,42-,43-,44+/m0/s1. The van der Waals surface area contributed by atoms with Gasteiger partial charge in [0, 0.05) is 11.8 Å². The maximum Gasteiger partial charge on any atom is 0.306 e. The van der Waals surface area contributed by atoms with Crippen LogP contribution in [0.5, 0.6) is 0 Å². The Morgan fingerprint density at radius 2 is 1.24 bits per heavy atom. The summed E-state index contributed by atoms with van der Waals surface area (Å²) in [5.41, 5.74) is 3.86. The Balaban J connectivity index is 1.16. The number of carbonyl (C=O) groups is 1. The highest BCUT2D eigenvalue weighted by Gasteiger charge is 2.67. The number of hydrogen-bond acceptors (Lipinski definition) is 2. The molecule has 0 N–H and O–H groups in total. The summed E-state index contributed by atoms with van der Waals surface area (Å²) in [5, 5.41) is 0. The van der Waals surface area contributed by atoms with Gasteiger partial charge in [-0.3, -0.25) is 4.79 Å². The van der Waals surface area contributed by atoms with Crippen molar-refractivity contribution in [1.29, 1.82) is 0 Å². The van der Waals surface area contributed by atoms with Gasteiger partial charge in [0.2, 0.25) is 0 Å². The fourth-order valence-corrected chi connectivity index (χ4v) is 13.2. The number of hydrogen-bond donors (Lipinski definition) is 0. The Morgan fingerprint density at radius 3 is 1.87 bits per heavy atom. The number of unbranched alkanes of at least 4 members (excludes halogenated alkanes) is 10. The molecule has 0 aromatic rings. The smallest absolute Gasteiger partial charge is 0.306 e. The molecule has 0 amide bonds. The van der Waals surface area contributed by atoms with Gasteiger partial charge in [-0.15, -0.1) is 0 Å². The second-order valence-corrected chi connectivity index (χ2v) is 20.0. The molecule has 0 aromatic heterocycles. The van der Waals surface area contributed by atoms with Gasteiger partial charge in [-0.25, -0.2) is 0 Å². The highest BCUT2D eigenvalue weighted by molar-refractivity contribution is 5.69. The molecule has 0 aliphatic heterocycles. The number of fused-ring (bicyclic) bond motifs is 7. The minimum atomic E-state index is 0.0365. The molecule has 5 aliphatic carbocycles. The Kier molecular flexibility index (Phi) is 11.0. The molecule has 0 heterocycles. The second-order valence-electron chi connectivity index (χ2n) is 20.0. The van der Waals surface area contributed by atoms with Crippen LogP contribution in [0.4, 0.5) is 0 Å². The minimum Gasteiger partial charge on any atom is -0.462 e. The van der Waals surface area contributed by atoms with E-state index in [0.717, 1.165) is 24.7 Å². The van der Waals surface area contributed by atoms with E-state index in [0.29, 0.717) is 39.4 Å². The van der Waals surface area contributed by atoms with Crippen LogP contribution in [-0.4, -0.2) is 12.1 Å². The van der Waals surface area contributed by atoms with E-state index in [1.807, 2.05) is 5.57 Å². The lowest BCUT2D eigenvalue weighted by Gasteiger charge is -2.70. The van der Waals surface area contributed by atoms with Crippen LogP contribution in [0.15, 0.2) is 11.6 Å². The molecule has 0 spiro atoms. The minimum absolute atomic E-state index is 0.0365. The zero-order valence-corrected chi connectivity index (χ0v) is 32.3. The van der Waals surface area contributed by atoms with Gasteiger partial charge in [-0.2, -0.15) is 0 Å². The molecule has 264 valence electrons. The van der Waals surface area contributed by atoms with E-state index in [-0.39, 0.29) is 17.5 Å². The SMILES string of the molecule is CCCCCCCCCCCCCC(=O)O[C@H]1CC[C@]2(C)[C@H]3CC[C@]4(C)C(=CC[C@@]5(C)CCC(C)(C)C[C@H]54)[C@]3(C)CC[C@H]2C1(C)C. The molecule has 2 heteroatoms. The molecular weight excluding hydrogens is 560 g/mol. The Bertz CT molecular complexity index is 1080. The monoisotopic (exact) mass is 637 g/mol. The molecule has 0 radical (unpaired) electrons. The Hall–Kier alpha value is -0.790. The van der Waals surface area contributed by atoms with Crippen LogP contribution < -0.4 is 0 Å². The molecular formula is C44H76O2. The van der Waals surface area contributed by atoms with Crippen LogP contribution >= 0.6 is 0 Å². The van der Waals surface area contributed by atoms with Crippen LogP contribution in [-0.2, 0) is 9.53 Å². The highest BCUT2D eigenvalue weighted by atomic mass is 16.5. The molecule has 2 nitrogen and oxygen atoms in total. The largest absolute Gasteiger partial charge is 0.462 e. The van der Waals surface area contributed by atoms with Gasteiger partial charge in [0.25, 0.3) is 0 Å². The molecule has 8 atom stereocenters. The quantitative estimate of drug-likeness (QED) is 0.114. The second kappa shape index (κ2) is 13.8. The van der Waals surface area contributed by atoms with E-state index in [1.165, 1.54) is 122 Å². The van der Waals surface area contributed by atoms with Gasteiger partial charge in [0.05, 0.1) is 0 Å². The molecule has 0 aromatic carbocycles. The summed E-state index contributed by atoms with van der Waals surface area (Å²) in [4.78, 5) is 13.1. The van der Waals surface area contributed by atoms with Gasteiger partial charge in [0.1, 0.15) is 6.10 Å². The molecule has 0 bridgehead atoms. The molecule has 4 saturated carbocycles. The van der Waals surface area contributed by atoms with E-state index < -0.39 is 0 Å². The lowest BCUT2D eigenvalue weighted by molar-refractivity contribution is -0.200. The first kappa shape index (κ1) is 36.5. The number of esters is 1. The molecule has 5 rings (SSSR count). The number of carbonyl (C=O) groups excluding carboxylic acids is 1. The van der Waals surface area contributed by atoms with Crippen LogP contribution in [0.3, 0.4) is 0 Å². The lowest BCUT2D eigenvalue weighted by atomic mass is 9.34. The van der Waals surface area contributed by atoms with Crippen LogP contribution in [0.25, 0.3) is 0 Å². The highest BCUT2D eigenvalue weighted by Crippen LogP contribution is 2.75. The summed E-state index contributed by atoms with van der Waals surface area (Å²) in [6, 6.07) is 0. The van der Waals surface area contributed by atoms with Crippen molar-refractivity contribution < 1.29 is 9.53 Å². The third kappa shape index (κ3) is 6.82. The third-order valence-electron chi connectivity index (χ3n) is 15.9. The fraction of sp³-hybridized carbons (Fsp3) is 0.932. The maximum absolute atomic E-state index is 13.1. The van der Waals surface area contributed by atoms with E-state index >= 15 is 0 Å². The van der Waals surface area contributed by atoms with Gasteiger partial charge in [-0.1, -0.05) is 138 Å². The molecule has 0 saturated heterocycles. The molecule has 5 aliphatic rings. The van der Waals surface area contributed by atoms with Crippen molar-refractivity contribution in [1.82, 2.24) is 0 Å². The lowest BCUT2D eigenvalue weighted by Crippen LogP contribution is -2.63. The van der Waals surface area contributed by atoms with E-state index in [1.54, 1.807) is 0 Å². The van der Waals surface area contributed by atoms with Crippen molar-refractivity contribution in [2.24, 2.45) is 50.2 Å². The van der Waals surface area contributed by atoms with Crippen LogP contribution in [0.2, 0.25) is 0 Å². The first-order valence-electron chi connectivity index (χ1n) is 20.5. The van der Waals surface area contributed by atoms with E-state index in [9.17, 15) is 4.79 Å². The molecule has 4 fully saturated rings. The predicted molar refractivity (Wildman–Crippen MR) is 196 cm³/mol. The van der Waals surface area contributed by atoms with E-state index in [2.05, 4.69) is 68.4 Å². The predicted octanol–water partition coefficient (Wildman–Crippen LogP) is 13.4. The zero-order valence-electron chi connectivity index (χ0n) is 32.3. The average Bonchev–Trinajstić information content (AvgIpc) is 2.98. The topological polar surface area (TPSA) is 26.3 Å². The summed E-state index contributed by atoms with van der Waals surface area (Å²) in [6.45, 7) is 23.0. The normalized spacial score (nSPS) is 40.9. The maximum atomic E-state index is 13.1. The van der Waals surface area contributed by atoms with Crippen LogP contribution in [0.1, 0.15) is 204 Å². The van der Waals surface area contributed by atoms with Gasteiger partial charge in [0.15, 0.2) is 0 Å². The summed E-state index contributed by atoms with van der Waals surface area (Å²) in [5.74, 6) is 2.25. The fourth-order valence-electron chi connectivity index (χ4n) is 13.2. The number of rotatable bonds is 13. The third-order valence-corrected chi connectivity index (χ3v) is 15.9. The molecule has 0 unspecified atom stereocenters. The summed E-state index contributed by atoms with van der Waals surface area (Å²) in [6.07, 6.45) is 31.0. The van der Waals surface area contributed by atoms with E-state index in [4.69, 9.17) is 4.74 Å². The van der Waals surface area contributed by atoms with Crippen molar-refractivity contribution >= 4 is 5.97 Å². The van der Waals surface area contributed by atoms with Gasteiger partial charge < -0.3 is 4.74 Å². The van der Waals surface area contributed by atoms with Crippen molar-refractivity contribution in [3.8, 4) is 0 Å². The van der Waals surface area contributed by atoms with Crippen molar-refractivity contribution in [3.63, 3.8) is 0 Å². The van der Waals surface area contributed by atoms with Gasteiger partial charge in [-0.05, 0) is 115 Å². The average molecular weight is 637 g/mol. The van der Waals surface area contributed by atoms with Gasteiger partial charge >= 0.3 is 5.97 Å². The first-order valence-corrected chi connectivity index (χ1v) is 20.5. The summed E-state index contributed by atoms with van der Waals surface area (Å²) in [7, 11) is 0.